The number of carbonyl (C=O) groups is 1. The number of para-hydroxylation sites is 1. The van der Waals surface area contributed by atoms with E-state index in [1.165, 1.54) is 9.79 Å². The molecule has 0 saturated heterocycles. The first kappa shape index (κ1) is 23.7. The Balaban J connectivity index is 1.71. The molecule has 4 aromatic rings. The zero-order valence-corrected chi connectivity index (χ0v) is 20.7. The van der Waals surface area contributed by atoms with E-state index >= 15 is 0 Å². The van der Waals surface area contributed by atoms with Crippen LogP contribution in [0.15, 0.2) is 112 Å². The van der Waals surface area contributed by atoms with Gasteiger partial charge in [-0.05, 0) is 81.3 Å². The highest BCUT2D eigenvalue weighted by molar-refractivity contribution is 7.97. The molecule has 0 aliphatic rings. The lowest BCUT2D eigenvalue weighted by atomic mass is 9.96. The van der Waals surface area contributed by atoms with Gasteiger partial charge in [0.05, 0.1) is 16.5 Å². The van der Waals surface area contributed by atoms with E-state index in [0.29, 0.717) is 11.1 Å². The zero-order valence-electron chi connectivity index (χ0n) is 19.9. The van der Waals surface area contributed by atoms with E-state index in [1.54, 1.807) is 32.0 Å². The number of hydrogen-bond donors (Lipinski definition) is 1. The van der Waals surface area contributed by atoms with Gasteiger partial charge in [0.15, 0.2) is 14.7 Å². The monoisotopic (exact) mass is 469 g/mol. The van der Waals surface area contributed by atoms with Crippen LogP contribution in [0.25, 0.3) is 0 Å². The molecule has 4 heteroatoms. The summed E-state index contributed by atoms with van der Waals surface area (Å²) in [6, 6.07) is 32.0. The number of benzene rings is 4. The molecule has 3 nitrogen and oxygen atoms in total. The van der Waals surface area contributed by atoms with Crippen LogP contribution < -0.4 is 0 Å². The van der Waals surface area contributed by atoms with Crippen molar-refractivity contribution in [3.63, 3.8) is 0 Å². The summed E-state index contributed by atoms with van der Waals surface area (Å²) >= 11 is 0. The summed E-state index contributed by atoms with van der Waals surface area (Å²) in [7, 11) is -0.294. The highest BCUT2D eigenvalue weighted by atomic mass is 32.2. The fourth-order valence-electron chi connectivity index (χ4n) is 4.21. The maximum Gasteiger partial charge on any atom is 0.339 e. The molecule has 0 fully saturated rings. The number of rotatable bonds is 6. The minimum Gasteiger partial charge on any atom is -0.508 e. The summed E-state index contributed by atoms with van der Waals surface area (Å²) < 4.78 is 5.93. The van der Waals surface area contributed by atoms with Gasteiger partial charge in [-0.25, -0.2) is 4.79 Å². The van der Waals surface area contributed by atoms with Crippen LogP contribution in [-0.4, -0.2) is 11.1 Å². The third kappa shape index (κ3) is 4.87. The molecular formula is C30H29O3S+. The minimum absolute atomic E-state index is 0.110. The zero-order chi connectivity index (χ0) is 24.3. The van der Waals surface area contributed by atoms with Crippen molar-refractivity contribution in [1.29, 1.82) is 0 Å². The van der Waals surface area contributed by atoms with Crippen LogP contribution >= 0.6 is 0 Å². The summed E-state index contributed by atoms with van der Waals surface area (Å²) in [5.41, 5.74) is 1.91. The van der Waals surface area contributed by atoms with Crippen molar-refractivity contribution in [2.45, 2.75) is 48.0 Å². The molecule has 172 valence electrons. The van der Waals surface area contributed by atoms with Gasteiger partial charge in [0.2, 0.25) is 0 Å². The maximum atomic E-state index is 13.3. The van der Waals surface area contributed by atoms with Gasteiger partial charge in [0, 0.05) is 5.56 Å². The van der Waals surface area contributed by atoms with Gasteiger partial charge >= 0.3 is 5.97 Å². The second kappa shape index (κ2) is 9.78. The Bertz CT molecular complexity index is 1230. The van der Waals surface area contributed by atoms with Crippen molar-refractivity contribution >= 4 is 16.9 Å². The third-order valence-electron chi connectivity index (χ3n) is 5.80. The molecule has 0 amide bonds. The molecule has 34 heavy (non-hydrogen) atoms. The number of esters is 1. The Morgan fingerprint density at radius 2 is 1.21 bits per heavy atom. The standard InChI is InChI=1S/C30H28O3S/c1-21-19-25(34(23-13-7-5-8-14-23)24-15-9-6-10-16-24)20-22(2)28(21)29(32)33-30(3,4)26-17-11-12-18-27(26)31/h5-20H,1-4H3/p+1. The molecule has 0 heterocycles. The molecular weight excluding hydrogens is 440 g/mol. The Hall–Kier alpha value is -3.50. The van der Waals surface area contributed by atoms with Crippen LogP contribution in [0.4, 0.5) is 0 Å². The number of carbonyl (C=O) groups excluding carboxylic acids is 1. The smallest absolute Gasteiger partial charge is 0.339 e. The molecule has 0 aliphatic carbocycles. The molecule has 0 radical (unpaired) electrons. The average Bonchev–Trinajstić information content (AvgIpc) is 2.80. The largest absolute Gasteiger partial charge is 0.508 e. The number of aromatic hydroxyl groups is 1. The van der Waals surface area contributed by atoms with E-state index in [1.807, 2.05) is 32.0 Å². The Labute approximate surface area is 204 Å². The van der Waals surface area contributed by atoms with Crippen molar-refractivity contribution < 1.29 is 14.6 Å². The lowest BCUT2D eigenvalue weighted by molar-refractivity contribution is -0.00409. The van der Waals surface area contributed by atoms with Crippen molar-refractivity contribution in [3.05, 3.63) is 119 Å². The highest BCUT2D eigenvalue weighted by Crippen LogP contribution is 2.36. The predicted molar refractivity (Wildman–Crippen MR) is 138 cm³/mol. The number of phenols is 1. The minimum atomic E-state index is -0.974. The first-order valence-corrected chi connectivity index (χ1v) is 12.5. The first-order valence-electron chi connectivity index (χ1n) is 11.3. The molecule has 1 N–H and O–H groups in total. The predicted octanol–water partition coefficient (Wildman–Crippen LogP) is 7.20. The fraction of sp³-hybridized carbons (Fsp3) is 0.167. The molecule has 0 spiro atoms. The molecule has 0 unspecified atom stereocenters. The fourth-order valence-corrected chi connectivity index (χ4v) is 6.47. The molecule has 0 aromatic heterocycles. The first-order chi connectivity index (χ1) is 16.3. The Morgan fingerprint density at radius 3 is 1.71 bits per heavy atom. The van der Waals surface area contributed by atoms with Crippen molar-refractivity contribution in [2.75, 3.05) is 0 Å². The van der Waals surface area contributed by atoms with Crippen molar-refractivity contribution in [3.8, 4) is 5.75 Å². The number of aryl methyl sites for hydroxylation is 2. The average molecular weight is 470 g/mol. The van der Waals surface area contributed by atoms with Crippen molar-refractivity contribution in [1.82, 2.24) is 0 Å². The van der Waals surface area contributed by atoms with Gasteiger partial charge in [-0.2, -0.15) is 0 Å². The van der Waals surface area contributed by atoms with Crippen LogP contribution in [0.3, 0.4) is 0 Å². The van der Waals surface area contributed by atoms with Crippen LogP contribution in [0.2, 0.25) is 0 Å². The lowest BCUT2D eigenvalue weighted by Crippen LogP contribution is -2.26. The van der Waals surface area contributed by atoms with E-state index in [-0.39, 0.29) is 16.6 Å². The van der Waals surface area contributed by atoms with Gasteiger partial charge in [0.1, 0.15) is 11.4 Å². The SMILES string of the molecule is Cc1cc([S+](c2ccccc2)c2ccccc2)cc(C)c1C(=O)OC(C)(C)c1ccccc1O. The number of phenolic OH excluding ortho intramolecular Hbond substituents is 1. The summed E-state index contributed by atoms with van der Waals surface area (Å²) in [6.45, 7) is 7.50. The summed E-state index contributed by atoms with van der Waals surface area (Å²) in [5.74, 6) is -0.284. The van der Waals surface area contributed by atoms with Gasteiger partial charge in [-0.1, -0.05) is 54.6 Å². The third-order valence-corrected chi connectivity index (χ3v) is 8.00. The van der Waals surface area contributed by atoms with Gasteiger partial charge < -0.3 is 9.84 Å². The quantitative estimate of drug-likeness (QED) is 0.240. The van der Waals surface area contributed by atoms with E-state index in [0.717, 1.165) is 16.0 Å². The van der Waals surface area contributed by atoms with Crippen LogP contribution in [-0.2, 0) is 21.2 Å². The number of ether oxygens (including phenoxy) is 1. The second-order valence-electron chi connectivity index (χ2n) is 8.78. The van der Waals surface area contributed by atoms with Crippen LogP contribution in [0.5, 0.6) is 5.75 Å². The molecule has 0 bridgehead atoms. The number of hydrogen-bond acceptors (Lipinski definition) is 3. The van der Waals surface area contributed by atoms with Gasteiger partial charge in [0.25, 0.3) is 0 Å². The molecule has 4 aromatic carbocycles. The maximum absolute atomic E-state index is 13.3. The summed E-state index contributed by atoms with van der Waals surface area (Å²) in [6.07, 6.45) is 0. The summed E-state index contributed by atoms with van der Waals surface area (Å²) in [4.78, 5) is 16.9. The van der Waals surface area contributed by atoms with E-state index < -0.39 is 11.6 Å². The van der Waals surface area contributed by atoms with Crippen LogP contribution in [0, 0.1) is 13.8 Å². The normalized spacial score (nSPS) is 11.4. The lowest BCUT2D eigenvalue weighted by Gasteiger charge is -2.27. The molecule has 4 rings (SSSR count). The topological polar surface area (TPSA) is 46.5 Å². The van der Waals surface area contributed by atoms with Crippen LogP contribution in [0.1, 0.15) is 40.9 Å². The van der Waals surface area contributed by atoms with E-state index in [9.17, 15) is 9.90 Å². The summed E-state index contributed by atoms with van der Waals surface area (Å²) in [5, 5.41) is 10.3. The van der Waals surface area contributed by atoms with E-state index in [2.05, 4.69) is 60.7 Å². The molecule has 0 aliphatic heterocycles. The van der Waals surface area contributed by atoms with Gasteiger partial charge in [-0.3, -0.25) is 0 Å². The highest BCUT2D eigenvalue weighted by Gasteiger charge is 2.33. The Morgan fingerprint density at radius 1 is 0.735 bits per heavy atom. The van der Waals surface area contributed by atoms with Gasteiger partial charge in [-0.15, -0.1) is 0 Å². The molecule has 0 atom stereocenters. The molecule has 0 saturated carbocycles. The van der Waals surface area contributed by atoms with E-state index in [4.69, 9.17) is 4.74 Å². The van der Waals surface area contributed by atoms with Crippen molar-refractivity contribution in [2.24, 2.45) is 0 Å². The second-order valence-corrected chi connectivity index (χ2v) is 10.8. The Kier molecular flexibility index (Phi) is 6.80.